The van der Waals surface area contributed by atoms with Gasteiger partial charge in [0.1, 0.15) is 0 Å². The number of benzene rings is 2. The highest BCUT2D eigenvalue weighted by molar-refractivity contribution is 5.95. The second-order valence-corrected chi connectivity index (χ2v) is 5.81. The Bertz CT molecular complexity index is 800. The standard InChI is InChI=1S/C21H23N3O2/c1-3-16-10-11-18(13-17(16)4-2)24-20(25)14-23-21(26)19(22)12-15-8-6-5-7-9-15/h3-11,13,19H,1-2,12,14,22H2,(H,23,26)(H,24,25). The molecule has 0 saturated carbocycles. The van der Waals surface area contributed by atoms with E-state index in [9.17, 15) is 9.59 Å². The number of hydrogen-bond donors (Lipinski definition) is 3. The molecule has 2 rings (SSSR count). The van der Waals surface area contributed by atoms with E-state index in [0.717, 1.165) is 16.7 Å². The fourth-order valence-electron chi connectivity index (χ4n) is 2.48. The number of carbonyl (C=O) groups is 2. The van der Waals surface area contributed by atoms with Gasteiger partial charge in [0.05, 0.1) is 12.6 Å². The molecule has 4 N–H and O–H groups in total. The molecule has 2 aromatic carbocycles. The fraction of sp³-hybridized carbons (Fsp3) is 0.143. The molecule has 2 aromatic rings. The Morgan fingerprint density at radius 3 is 2.38 bits per heavy atom. The molecule has 0 aliphatic heterocycles. The number of nitrogens with one attached hydrogen (secondary N) is 2. The van der Waals surface area contributed by atoms with Gasteiger partial charge in [0.25, 0.3) is 0 Å². The largest absolute Gasteiger partial charge is 0.346 e. The third-order valence-electron chi connectivity index (χ3n) is 3.87. The first kappa shape index (κ1) is 19.1. The van der Waals surface area contributed by atoms with Crippen LogP contribution < -0.4 is 16.4 Å². The third kappa shape index (κ3) is 5.43. The molecule has 5 nitrogen and oxygen atoms in total. The minimum atomic E-state index is -0.704. The van der Waals surface area contributed by atoms with E-state index in [0.29, 0.717) is 12.1 Å². The van der Waals surface area contributed by atoms with Crippen molar-refractivity contribution in [3.8, 4) is 0 Å². The fourth-order valence-corrected chi connectivity index (χ4v) is 2.48. The average Bonchev–Trinajstić information content (AvgIpc) is 2.66. The summed E-state index contributed by atoms with van der Waals surface area (Å²) in [6.45, 7) is 7.33. The molecule has 1 atom stereocenters. The van der Waals surface area contributed by atoms with Gasteiger partial charge in [-0.2, -0.15) is 0 Å². The first-order valence-electron chi connectivity index (χ1n) is 8.29. The Kier molecular flexibility index (Phi) is 6.88. The topological polar surface area (TPSA) is 84.2 Å². The summed E-state index contributed by atoms with van der Waals surface area (Å²) in [5.41, 5.74) is 9.28. The second kappa shape index (κ2) is 9.34. The van der Waals surface area contributed by atoms with E-state index in [4.69, 9.17) is 5.73 Å². The van der Waals surface area contributed by atoms with Crippen LogP contribution in [0.5, 0.6) is 0 Å². The van der Waals surface area contributed by atoms with Crippen molar-refractivity contribution in [3.63, 3.8) is 0 Å². The summed E-state index contributed by atoms with van der Waals surface area (Å²) in [6, 6.07) is 14.2. The van der Waals surface area contributed by atoms with Gasteiger partial charge < -0.3 is 16.4 Å². The number of hydrogen-bond acceptors (Lipinski definition) is 3. The van der Waals surface area contributed by atoms with Gasteiger partial charge in [-0.1, -0.05) is 61.7 Å². The lowest BCUT2D eigenvalue weighted by Gasteiger charge is -2.13. The van der Waals surface area contributed by atoms with Crippen molar-refractivity contribution < 1.29 is 9.59 Å². The Hall–Kier alpha value is -3.18. The number of amides is 2. The molecule has 0 aromatic heterocycles. The maximum absolute atomic E-state index is 12.0. The SMILES string of the molecule is C=Cc1ccc(NC(=O)CNC(=O)C(N)Cc2ccccc2)cc1C=C. The number of anilines is 1. The Labute approximate surface area is 153 Å². The van der Waals surface area contributed by atoms with E-state index < -0.39 is 6.04 Å². The van der Waals surface area contributed by atoms with Gasteiger partial charge in [-0.25, -0.2) is 0 Å². The highest BCUT2D eigenvalue weighted by Gasteiger charge is 2.15. The molecular weight excluding hydrogens is 326 g/mol. The molecule has 0 saturated heterocycles. The van der Waals surface area contributed by atoms with Gasteiger partial charge in [-0.05, 0) is 35.2 Å². The van der Waals surface area contributed by atoms with Crippen LogP contribution in [0.25, 0.3) is 12.2 Å². The molecule has 26 heavy (non-hydrogen) atoms. The van der Waals surface area contributed by atoms with Crippen molar-refractivity contribution in [1.82, 2.24) is 5.32 Å². The van der Waals surface area contributed by atoms with Crippen LogP contribution in [-0.4, -0.2) is 24.4 Å². The smallest absolute Gasteiger partial charge is 0.243 e. The van der Waals surface area contributed by atoms with Crippen molar-refractivity contribution in [2.45, 2.75) is 12.5 Å². The average molecular weight is 349 g/mol. The Morgan fingerprint density at radius 1 is 1.04 bits per heavy atom. The molecule has 0 bridgehead atoms. The summed E-state index contributed by atoms with van der Waals surface area (Å²) < 4.78 is 0. The van der Waals surface area contributed by atoms with E-state index in [1.165, 1.54) is 0 Å². The molecule has 0 radical (unpaired) electrons. The zero-order valence-electron chi connectivity index (χ0n) is 14.6. The summed E-state index contributed by atoms with van der Waals surface area (Å²) in [5, 5.41) is 5.30. The highest BCUT2D eigenvalue weighted by Crippen LogP contribution is 2.18. The molecule has 0 heterocycles. The van der Waals surface area contributed by atoms with E-state index in [1.807, 2.05) is 36.4 Å². The van der Waals surface area contributed by atoms with Gasteiger partial charge in [0.15, 0.2) is 0 Å². The predicted molar refractivity (Wildman–Crippen MR) is 106 cm³/mol. The van der Waals surface area contributed by atoms with Crippen molar-refractivity contribution >= 4 is 29.7 Å². The molecular formula is C21H23N3O2. The molecule has 0 aliphatic carbocycles. The van der Waals surface area contributed by atoms with Crippen molar-refractivity contribution in [2.75, 3.05) is 11.9 Å². The van der Waals surface area contributed by atoms with E-state index in [-0.39, 0.29) is 18.4 Å². The lowest BCUT2D eigenvalue weighted by atomic mass is 10.1. The molecule has 0 spiro atoms. The summed E-state index contributed by atoms with van der Waals surface area (Å²) in [5.74, 6) is -0.690. The number of nitrogens with two attached hydrogens (primary N) is 1. The van der Waals surface area contributed by atoms with Gasteiger partial charge >= 0.3 is 0 Å². The van der Waals surface area contributed by atoms with E-state index >= 15 is 0 Å². The maximum atomic E-state index is 12.0. The maximum Gasteiger partial charge on any atom is 0.243 e. The van der Waals surface area contributed by atoms with Gasteiger partial charge in [0.2, 0.25) is 11.8 Å². The van der Waals surface area contributed by atoms with Crippen LogP contribution in [0.3, 0.4) is 0 Å². The summed E-state index contributed by atoms with van der Waals surface area (Å²) in [7, 11) is 0. The van der Waals surface area contributed by atoms with Crippen LogP contribution in [0.15, 0.2) is 61.7 Å². The van der Waals surface area contributed by atoms with Crippen molar-refractivity contribution in [1.29, 1.82) is 0 Å². The molecule has 0 fully saturated rings. The van der Waals surface area contributed by atoms with Gasteiger partial charge in [0, 0.05) is 5.69 Å². The molecule has 2 amide bonds. The first-order chi connectivity index (χ1) is 12.5. The van der Waals surface area contributed by atoms with Crippen LogP contribution in [0, 0.1) is 0 Å². The minimum Gasteiger partial charge on any atom is -0.346 e. The second-order valence-electron chi connectivity index (χ2n) is 5.81. The normalized spacial score (nSPS) is 11.3. The number of rotatable bonds is 8. The lowest BCUT2D eigenvalue weighted by molar-refractivity contribution is -0.125. The monoisotopic (exact) mass is 349 g/mol. The number of carbonyl (C=O) groups excluding carboxylic acids is 2. The molecule has 0 aliphatic rings. The summed E-state index contributed by atoms with van der Waals surface area (Å²) >= 11 is 0. The van der Waals surface area contributed by atoms with Gasteiger partial charge in [-0.3, -0.25) is 9.59 Å². The highest BCUT2D eigenvalue weighted by atomic mass is 16.2. The predicted octanol–water partition coefficient (Wildman–Crippen LogP) is 2.60. The van der Waals surface area contributed by atoms with Crippen LogP contribution in [0.2, 0.25) is 0 Å². The van der Waals surface area contributed by atoms with E-state index in [2.05, 4.69) is 23.8 Å². The van der Waals surface area contributed by atoms with E-state index in [1.54, 1.807) is 24.3 Å². The summed E-state index contributed by atoms with van der Waals surface area (Å²) in [4.78, 5) is 24.1. The molecule has 1 unspecified atom stereocenters. The van der Waals surface area contributed by atoms with Crippen LogP contribution in [-0.2, 0) is 16.0 Å². The first-order valence-corrected chi connectivity index (χ1v) is 8.29. The Balaban J connectivity index is 1.85. The Morgan fingerprint density at radius 2 is 1.73 bits per heavy atom. The molecule has 5 heteroatoms. The van der Waals surface area contributed by atoms with Crippen LogP contribution in [0.4, 0.5) is 5.69 Å². The third-order valence-corrected chi connectivity index (χ3v) is 3.87. The van der Waals surface area contributed by atoms with Gasteiger partial charge in [-0.15, -0.1) is 0 Å². The van der Waals surface area contributed by atoms with Crippen LogP contribution in [0.1, 0.15) is 16.7 Å². The molecule has 134 valence electrons. The zero-order valence-corrected chi connectivity index (χ0v) is 14.6. The van der Waals surface area contributed by atoms with Crippen LogP contribution >= 0.6 is 0 Å². The summed E-state index contributed by atoms with van der Waals surface area (Å²) in [6.07, 6.45) is 3.83. The quantitative estimate of drug-likeness (QED) is 0.685. The van der Waals surface area contributed by atoms with Crippen molar-refractivity contribution in [2.24, 2.45) is 5.73 Å². The minimum absolute atomic E-state index is 0.145. The van der Waals surface area contributed by atoms with Crippen molar-refractivity contribution in [3.05, 3.63) is 78.4 Å². The lowest BCUT2D eigenvalue weighted by Crippen LogP contribution is -2.44. The zero-order chi connectivity index (χ0) is 18.9.